The van der Waals surface area contributed by atoms with Crippen molar-refractivity contribution >= 4 is 23.9 Å². The number of allylic oxidation sites excluding steroid dienone is 1. The third-order valence-corrected chi connectivity index (χ3v) is 5.16. The molecule has 1 saturated carbocycles. The molecule has 1 heterocycles. The molecule has 1 aliphatic heterocycles. The summed E-state index contributed by atoms with van der Waals surface area (Å²) >= 11 is 0. The number of methoxy groups -OCH3 is 2. The van der Waals surface area contributed by atoms with Crippen LogP contribution >= 0.6 is 0 Å². The molecule has 0 spiro atoms. The maximum absolute atomic E-state index is 13.1. The van der Waals surface area contributed by atoms with Gasteiger partial charge in [-0.15, -0.1) is 0 Å². The van der Waals surface area contributed by atoms with Crippen molar-refractivity contribution in [2.45, 2.75) is 38.6 Å². The Hall–Kier alpha value is -2.89. The van der Waals surface area contributed by atoms with Crippen molar-refractivity contribution in [1.82, 2.24) is 4.90 Å². The number of carbonyl (C=O) groups is 3. The van der Waals surface area contributed by atoms with Crippen LogP contribution in [0.15, 0.2) is 41.1 Å². The number of hydrogen-bond donors (Lipinski definition) is 0. The second-order valence-electron chi connectivity index (χ2n) is 6.74. The zero-order chi connectivity index (χ0) is 19.6. The normalized spacial score (nSPS) is 19.1. The first kappa shape index (κ1) is 18.9. The van der Waals surface area contributed by atoms with Crippen LogP contribution in [0.3, 0.4) is 0 Å². The van der Waals surface area contributed by atoms with Crippen LogP contribution in [0.5, 0.6) is 0 Å². The summed E-state index contributed by atoms with van der Waals surface area (Å²) < 4.78 is 9.61. The van der Waals surface area contributed by atoms with Gasteiger partial charge in [0.15, 0.2) is 0 Å². The van der Waals surface area contributed by atoms with Gasteiger partial charge in [-0.3, -0.25) is 4.79 Å². The third-order valence-electron chi connectivity index (χ3n) is 5.16. The molecule has 0 radical (unpaired) electrons. The topological polar surface area (TPSA) is 72.9 Å². The fourth-order valence-corrected chi connectivity index (χ4v) is 3.80. The van der Waals surface area contributed by atoms with E-state index in [2.05, 4.69) is 0 Å². The van der Waals surface area contributed by atoms with Crippen molar-refractivity contribution in [3.05, 3.63) is 52.2 Å². The van der Waals surface area contributed by atoms with E-state index < -0.39 is 11.9 Å². The first-order valence-corrected chi connectivity index (χ1v) is 9.01. The lowest BCUT2D eigenvalue weighted by atomic mass is 10.0. The predicted molar refractivity (Wildman–Crippen MR) is 99.6 cm³/mol. The van der Waals surface area contributed by atoms with Gasteiger partial charge >= 0.3 is 11.9 Å². The van der Waals surface area contributed by atoms with Gasteiger partial charge in [0.2, 0.25) is 0 Å². The van der Waals surface area contributed by atoms with Crippen molar-refractivity contribution in [3.8, 4) is 0 Å². The van der Waals surface area contributed by atoms with E-state index in [0.29, 0.717) is 28.0 Å². The fourth-order valence-electron chi connectivity index (χ4n) is 3.80. The van der Waals surface area contributed by atoms with Crippen LogP contribution < -0.4 is 0 Å². The van der Waals surface area contributed by atoms with Crippen molar-refractivity contribution in [2.24, 2.45) is 0 Å². The van der Waals surface area contributed by atoms with Gasteiger partial charge in [-0.05, 0) is 43.5 Å². The van der Waals surface area contributed by atoms with E-state index in [4.69, 9.17) is 9.47 Å². The SMILES string of the molecule is COC(=O)C1=C(C)N(C2CCCC2)C(=O)C1=Cc1ccc(C(=O)OC)cc1. The molecule has 0 saturated heterocycles. The number of nitrogens with zero attached hydrogens (tertiary/aromatic N) is 1. The molecule has 1 amide bonds. The lowest BCUT2D eigenvalue weighted by molar-refractivity contribution is -0.136. The second-order valence-corrected chi connectivity index (χ2v) is 6.74. The average molecular weight is 369 g/mol. The van der Waals surface area contributed by atoms with Gasteiger partial charge < -0.3 is 14.4 Å². The summed E-state index contributed by atoms with van der Waals surface area (Å²) in [7, 11) is 2.64. The van der Waals surface area contributed by atoms with Gasteiger partial charge in [0.25, 0.3) is 5.91 Å². The summed E-state index contributed by atoms with van der Waals surface area (Å²) in [6, 6.07) is 6.82. The fraction of sp³-hybridized carbons (Fsp3) is 0.381. The molecule has 6 nitrogen and oxygen atoms in total. The van der Waals surface area contributed by atoms with Gasteiger partial charge in [-0.2, -0.15) is 0 Å². The molecule has 27 heavy (non-hydrogen) atoms. The Kier molecular flexibility index (Phi) is 5.44. The Morgan fingerprint density at radius 3 is 2.19 bits per heavy atom. The van der Waals surface area contributed by atoms with E-state index >= 15 is 0 Å². The van der Waals surface area contributed by atoms with Crippen LogP contribution in [-0.2, 0) is 19.1 Å². The van der Waals surface area contributed by atoms with E-state index in [-0.39, 0.29) is 11.9 Å². The van der Waals surface area contributed by atoms with Crippen LogP contribution in [0.25, 0.3) is 6.08 Å². The average Bonchev–Trinajstić information content (AvgIpc) is 3.28. The number of hydrogen-bond acceptors (Lipinski definition) is 5. The smallest absolute Gasteiger partial charge is 0.340 e. The monoisotopic (exact) mass is 369 g/mol. The van der Waals surface area contributed by atoms with E-state index in [9.17, 15) is 14.4 Å². The summed E-state index contributed by atoms with van der Waals surface area (Å²) in [5, 5.41) is 0. The van der Waals surface area contributed by atoms with E-state index in [1.807, 2.05) is 0 Å². The van der Waals surface area contributed by atoms with E-state index in [1.165, 1.54) is 14.2 Å². The summed E-state index contributed by atoms with van der Waals surface area (Å²) in [5.41, 5.74) is 2.43. The molecule has 1 aromatic rings. The molecule has 6 heteroatoms. The minimum atomic E-state index is -0.515. The highest BCUT2D eigenvalue weighted by molar-refractivity contribution is 6.16. The Morgan fingerprint density at radius 2 is 1.63 bits per heavy atom. The number of ether oxygens (including phenoxy) is 2. The molecule has 0 unspecified atom stereocenters. The van der Waals surface area contributed by atoms with Crippen LogP contribution in [0.2, 0.25) is 0 Å². The summed E-state index contributed by atoms with van der Waals surface area (Å²) in [5.74, 6) is -1.11. The zero-order valence-corrected chi connectivity index (χ0v) is 15.8. The lowest BCUT2D eigenvalue weighted by Gasteiger charge is -2.25. The molecule has 1 aromatic carbocycles. The highest BCUT2D eigenvalue weighted by Gasteiger charge is 2.40. The number of carbonyl (C=O) groups excluding carboxylic acids is 3. The highest BCUT2D eigenvalue weighted by Crippen LogP contribution is 2.37. The van der Waals surface area contributed by atoms with Gasteiger partial charge in [0, 0.05) is 11.7 Å². The molecule has 0 bridgehead atoms. The molecular weight excluding hydrogens is 346 g/mol. The number of benzene rings is 1. The summed E-state index contributed by atoms with van der Waals surface area (Å²) in [6.07, 6.45) is 5.73. The van der Waals surface area contributed by atoms with E-state index in [0.717, 1.165) is 25.7 Å². The molecule has 0 aromatic heterocycles. The van der Waals surface area contributed by atoms with Crippen LogP contribution in [0.1, 0.15) is 48.5 Å². The van der Waals surface area contributed by atoms with Crippen LogP contribution in [0.4, 0.5) is 0 Å². The van der Waals surface area contributed by atoms with Crippen LogP contribution in [-0.4, -0.2) is 43.0 Å². The quantitative estimate of drug-likeness (QED) is 0.602. The Balaban J connectivity index is 1.99. The highest BCUT2D eigenvalue weighted by atomic mass is 16.5. The van der Waals surface area contributed by atoms with Crippen molar-refractivity contribution in [3.63, 3.8) is 0 Å². The number of amides is 1. The van der Waals surface area contributed by atoms with Crippen molar-refractivity contribution < 1.29 is 23.9 Å². The van der Waals surface area contributed by atoms with Gasteiger partial charge in [0.05, 0.1) is 30.9 Å². The first-order valence-electron chi connectivity index (χ1n) is 9.01. The van der Waals surface area contributed by atoms with Gasteiger partial charge in [0.1, 0.15) is 0 Å². The lowest BCUT2D eigenvalue weighted by Crippen LogP contribution is -2.34. The molecule has 2 aliphatic rings. The van der Waals surface area contributed by atoms with Crippen molar-refractivity contribution in [2.75, 3.05) is 14.2 Å². The first-order chi connectivity index (χ1) is 13.0. The maximum Gasteiger partial charge on any atom is 0.340 e. The van der Waals surface area contributed by atoms with Crippen LogP contribution in [0, 0.1) is 0 Å². The van der Waals surface area contributed by atoms with Gasteiger partial charge in [-0.1, -0.05) is 25.0 Å². The zero-order valence-electron chi connectivity index (χ0n) is 15.8. The molecule has 3 rings (SSSR count). The standard InChI is InChI=1S/C21H23NO5/c1-13-18(21(25)27-3)17(19(23)22(13)16-6-4-5-7-16)12-14-8-10-15(11-9-14)20(24)26-2/h8-12,16H,4-7H2,1-3H3. The maximum atomic E-state index is 13.1. The Morgan fingerprint density at radius 1 is 1.04 bits per heavy atom. The summed E-state index contributed by atoms with van der Waals surface area (Å²) in [4.78, 5) is 38.8. The minimum Gasteiger partial charge on any atom is -0.465 e. The minimum absolute atomic E-state index is 0.129. The second kappa shape index (κ2) is 7.78. The molecule has 0 N–H and O–H groups in total. The number of esters is 2. The molecule has 1 fully saturated rings. The Labute approximate surface area is 158 Å². The molecule has 1 aliphatic carbocycles. The third kappa shape index (κ3) is 3.52. The molecule has 0 atom stereocenters. The largest absolute Gasteiger partial charge is 0.465 e. The summed E-state index contributed by atoms with van der Waals surface area (Å²) in [6.45, 7) is 1.80. The number of rotatable bonds is 4. The van der Waals surface area contributed by atoms with Gasteiger partial charge in [-0.25, -0.2) is 9.59 Å². The molecule has 142 valence electrons. The molecular formula is C21H23NO5. The predicted octanol–water partition coefficient (Wildman–Crippen LogP) is 3.09. The Bertz CT molecular complexity index is 829. The van der Waals surface area contributed by atoms with Crippen molar-refractivity contribution in [1.29, 1.82) is 0 Å². The van der Waals surface area contributed by atoms with E-state index in [1.54, 1.807) is 42.2 Å².